The molecule has 128 valence electrons. The number of ether oxygens (including phenoxy) is 1. The van der Waals surface area contributed by atoms with Crippen molar-refractivity contribution in [3.05, 3.63) is 12.4 Å². The fourth-order valence-corrected chi connectivity index (χ4v) is 3.84. The van der Waals surface area contributed by atoms with Gasteiger partial charge in [0.15, 0.2) is 0 Å². The minimum atomic E-state index is 0.163. The van der Waals surface area contributed by atoms with Crippen LogP contribution in [0.25, 0.3) is 0 Å². The van der Waals surface area contributed by atoms with E-state index in [1.807, 2.05) is 10.9 Å². The van der Waals surface area contributed by atoms with Gasteiger partial charge in [-0.3, -0.25) is 9.48 Å². The lowest BCUT2D eigenvalue weighted by atomic mass is 9.77. The van der Waals surface area contributed by atoms with E-state index >= 15 is 0 Å². The summed E-state index contributed by atoms with van der Waals surface area (Å²) >= 11 is 0. The Morgan fingerprint density at radius 3 is 2.57 bits per heavy atom. The van der Waals surface area contributed by atoms with E-state index in [0.29, 0.717) is 6.04 Å². The number of anilines is 1. The Balaban J connectivity index is 1.51. The highest BCUT2D eigenvalue weighted by atomic mass is 16.5. The molecule has 2 fully saturated rings. The van der Waals surface area contributed by atoms with Crippen molar-refractivity contribution in [2.75, 3.05) is 18.5 Å². The van der Waals surface area contributed by atoms with E-state index < -0.39 is 0 Å². The zero-order valence-electron chi connectivity index (χ0n) is 14.3. The zero-order valence-corrected chi connectivity index (χ0v) is 14.3. The van der Waals surface area contributed by atoms with Gasteiger partial charge in [-0.05, 0) is 50.4 Å². The second-order valence-corrected chi connectivity index (χ2v) is 7.40. The van der Waals surface area contributed by atoms with Crippen molar-refractivity contribution in [1.82, 2.24) is 9.78 Å². The van der Waals surface area contributed by atoms with E-state index in [2.05, 4.69) is 24.3 Å². The predicted octanol–water partition coefficient (Wildman–Crippen LogP) is 3.64. The van der Waals surface area contributed by atoms with Crippen LogP contribution in [0.15, 0.2) is 12.4 Å². The molecule has 1 aromatic rings. The number of nitrogens with zero attached hydrogens (tertiary/aromatic N) is 2. The Kier molecular flexibility index (Phi) is 5.36. The molecule has 0 bridgehead atoms. The molecule has 0 spiro atoms. The number of carbonyl (C=O) groups is 1. The molecule has 1 aromatic heterocycles. The average Bonchev–Trinajstić information content (AvgIpc) is 3.04. The number of nitrogens with one attached hydrogen (secondary N) is 1. The van der Waals surface area contributed by atoms with Gasteiger partial charge in [0.25, 0.3) is 0 Å². The van der Waals surface area contributed by atoms with Crippen molar-refractivity contribution in [3.63, 3.8) is 0 Å². The lowest BCUT2D eigenvalue weighted by Crippen LogP contribution is -2.28. The van der Waals surface area contributed by atoms with Crippen molar-refractivity contribution < 1.29 is 9.53 Å². The molecule has 2 aliphatic rings. The van der Waals surface area contributed by atoms with Crippen LogP contribution in [0.5, 0.6) is 0 Å². The first-order valence-corrected chi connectivity index (χ1v) is 9.06. The van der Waals surface area contributed by atoms with Gasteiger partial charge in [-0.15, -0.1) is 0 Å². The van der Waals surface area contributed by atoms with Gasteiger partial charge < -0.3 is 10.1 Å². The maximum Gasteiger partial charge on any atom is 0.227 e. The Morgan fingerprint density at radius 2 is 1.91 bits per heavy atom. The molecule has 1 amide bonds. The van der Waals surface area contributed by atoms with Crippen LogP contribution in [-0.2, 0) is 9.53 Å². The Morgan fingerprint density at radius 1 is 1.22 bits per heavy atom. The lowest BCUT2D eigenvalue weighted by molar-refractivity contribution is -0.121. The molecule has 23 heavy (non-hydrogen) atoms. The van der Waals surface area contributed by atoms with E-state index in [0.717, 1.165) is 56.4 Å². The summed E-state index contributed by atoms with van der Waals surface area (Å²) in [4.78, 5) is 12.5. The third kappa shape index (κ3) is 4.14. The van der Waals surface area contributed by atoms with Crippen LogP contribution in [0.3, 0.4) is 0 Å². The van der Waals surface area contributed by atoms with Gasteiger partial charge in [0.2, 0.25) is 5.91 Å². The summed E-state index contributed by atoms with van der Waals surface area (Å²) in [5, 5.41) is 7.48. The average molecular weight is 319 g/mol. The van der Waals surface area contributed by atoms with Crippen LogP contribution < -0.4 is 5.32 Å². The SMILES string of the molecule is CC(C)C1CCC(C(=O)Nc2cnn(C3CCOCC3)c2)CC1. The maximum absolute atomic E-state index is 12.5. The topological polar surface area (TPSA) is 56.2 Å². The molecule has 0 unspecified atom stereocenters. The van der Waals surface area contributed by atoms with E-state index in [1.54, 1.807) is 6.20 Å². The second-order valence-electron chi connectivity index (χ2n) is 7.40. The molecule has 1 aliphatic heterocycles. The van der Waals surface area contributed by atoms with Gasteiger partial charge in [-0.1, -0.05) is 13.8 Å². The summed E-state index contributed by atoms with van der Waals surface area (Å²) in [5.41, 5.74) is 0.826. The van der Waals surface area contributed by atoms with Gasteiger partial charge in [-0.2, -0.15) is 5.10 Å². The largest absolute Gasteiger partial charge is 0.381 e. The van der Waals surface area contributed by atoms with Crippen LogP contribution in [0, 0.1) is 17.8 Å². The minimum absolute atomic E-state index is 0.163. The Bertz CT molecular complexity index is 512. The van der Waals surface area contributed by atoms with Crippen molar-refractivity contribution in [1.29, 1.82) is 0 Å². The third-order valence-corrected chi connectivity index (χ3v) is 5.52. The number of hydrogen-bond donors (Lipinski definition) is 1. The van der Waals surface area contributed by atoms with Crippen LogP contribution in [-0.4, -0.2) is 28.9 Å². The number of aromatic nitrogens is 2. The first-order valence-electron chi connectivity index (χ1n) is 9.06. The molecule has 5 nitrogen and oxygen atoms in total. The van der Waals surface area contributed by atoms with Gasteiger partial charge in [0.05, 0.1) is 17.9 Å². The summed E-state index contributed by atoms with van der Waals surface area (Å²) in [6, 6.07) is 0.399. The normalized spacial score (nSPS) is 26.4. The van der Waals surface area contributed by atoms with Gasteiger partial charge in [-0.25, -0.2) is 0 Å². The zero-order chi connectivity index (χ0) is 16.2. The lowest BCUT2D eigenvalue weighted by Gasteiger charge is -2.30. The summed E-state index contributed by atoms with van der Waals surface area (Å²) < 4.78 is 7.37. The molecule has 3 rings (SSSR count). The van der Waals surface area contributed by atoms with Gasteiger partial charge >= 0.3 is 0 Å². The molecule has 0 radical (unpaired) electrons. The van der Waals surface area contributed by atoms with Crippen molar-refractivity contribution in [3.8, 4) is 0 Å². The fraction of sp³-hybridized carbons (Fsp3) is 0.778. The van der Waals surface area contributed by atoms with Crippen molar-refractivity contribution >= 4 is 11.6 Å². The van der Waals surface area contributed by atoms with E-state index in [-0.39, 0.29) is 11.8 Å². The summed E-state index contributed by atoms with van der Waals surface area (Å²) in [5.74, 6) is 1.85. The Labute approximate surface area is 138 Å². The number of rotatable bonds is 4. The molecule has 0 aromatic carbocycles. The highest BCUT2D eigenvalue weighted by molar-refractivity contribution is 5.92. The number of carbonyl (C=O) groups excluding carboxylic acids is 1. The summed E-state index contributed by atoms with van der Waals surface area (Å²) in [6.45, 7) is 6.17. The highest BCUT2D eigenvalue weighted by Gasteiger charge is 2.28. The van der Waals surface area contributed by atoms with Gasteiger partial charge in [0, 0.05) is 25.3 Å². The maximum atomic E-state index is 12.5. The third-order valence-electron chi connectivity index (χ3n) is 5.52. The van der Waals surface area contributed by atoms with E-state index in [9.17, 15) is 4.79 Å². The fourth-order valence-electron chi connectivity index (χ4n) is 3.84. The van der Waals surface area contributed by atoms with Crippen LogP contribution >= 0.6 is 0 Å². The summed E-state index contributed by atoms with van der Waals surface area (Å²) in [6.07, 6.45) is 10.1. The molecule has 0 atom stereocenters. The highest BCUT2D eigenvalue weighted by Crippen LogP contribution is 2.33. The van der Waals surface area contributed by atoms with E-state index in [4.69, 9.17) is 4.74 Å². The smallest absolute Gasteiger partial charge is 0.227 e. The monoisotopic (exact) mass is 319 g/mol. The van der Waals surface area contributed by atoms with Crippen molar-refractivity contribution in [2.45, 2.75) is 58.4 Å². The first kappa shape index (κ1) is 16.5. The number of amides is 1. The molecule has 1 saturated carbocycles. The molecule has 2 heterocycles. The molecule has 1 N–H and O–H groups in total. The standard InChI is InChI=1S/C18H29N3O2/c1-13(2)14-3-5-15(6-4-14)18(22)20-16-11-19-21(12-16)17-7-9-23-10-8-17/h11-15,17H,3-10H2,1-2H3,(H,20,22). The summed E-state index contributed by atoms with van der Waals surface area (Å²) in [7, 11) is 0. The second kappa shape index (κ2) is 7.47. The van der Waals surface area contributed by atoms with Crippen LogP contribution in [0.4, 0.5) is 5.69 Å². The first-order chi connectivity index (χ1) is 11.1. The molecular weight excluding hydrogens is 290 g/mol. The quantitative estimate of drug-likeness (QED) is 0.922. The molecular formula is C18H29N3O2. The van der Waals surface area contributed by atoms with Crippen LogP contribution in [0.2, 0.25) is 0 Å². The molecule has 1 saturated heterocycles. The number of hydrogen-bond acceptors (Lipinski definition) is 3. The van der Waals surface area contributed by atoms with Crippen LogP contribution in [0.1, 0.15) is 58.4 Å². The van der Waals surface area contributed by atoms with Crippen molar-refractivity contribution in [2.24, 2.45) is 17.8 Å². The van der Waals surface area contributed by atoms with E-state index in [1.165, 1.54) is 12.8 Å². The Hall–Kier alpha value is -1.36. The van der Waals surface area contributed by atoms with Gasteiger partial charge in [0.1, 0.15) is 0 Å². The minimum Gasteiger partial charge on any atom is -0.381 e. The molecule has 1 aliphatic carbocycles. The molecule has 5 heteroatoms. The predicted molar refractivity (Wildman–Crippen MR) is 90.2 cm³/mol.